The van der Waals surface area contributed by atoms with Gasteiger partial charge in [0.25, 0.3) is 6.20 Å². The Hall–Kier alpha value is -1.25. The van der Waals surface area contributed by atoms with E-state index in [1.54, 1.807) is 7.05 Å². The first kappa shape index (κ1) is 16.8. The molecule has 0 spiro atoms. The Morgan fingerprint density at radius 1 is 1.45 bits per heavy atom. The molecule has 0 radical (unpaired) electrons. The number of thioether (sulfide) groups is 1. The van der Waals surface area contributed by atoms with Crippen LogP contribution in [0.1, 0.15) is 9.75 Å². The molecule has 0 aromatic carbocycles. The van der Waals surface area contributed by atoms with E-state index in [9.17, 15) is 10.1 Å². The maximum Gasteiger partial charge on any atom is 0.274 e. The molecule has 0 fully saturated rings. The molecule has 0 amide bonds. The van der Waals surface area contributed by atoms with E-state index in [1.807, 2.05) is 30.1 Å². The van der Waals surface area contributed by atoms with Crippen molar-refractivity contribution in [2.45, 2.75) is 12.3 Å². The summed E-state index contributed by atoms with van der Waals surface area (Å²) in [6.07, 6.45) is 0.938. The lowest BCUT2D eigenvalue weighted by molar-refractivity contribution is -0.404. The lowest BCUT2D eigenvalue weighted by Crippen LogP contribution is -2.26. The van der Waals surface area contributed by atoms with Crippen molar-refractivity contribution in [3.8, 4) is 0 Å². The summed E-state index contributed by atoms with van der Waals surface area (Å²) in [7, 11) is 3.60. The second-order valence-corrected chi connectivity index (χ2v) is 6.31. The molecule has 1 rings (SSSR count). The van der Waals surface area contributed by atoms with Gasteiger partial charge in [0, 0.05) is 41.4 Å². The van der Waals surface area contributed by atoms with Crippen LogP contribution < -0.4 is 16.0 Å². The van der Waals surface area contributed by atoms with Crippen molar-refractivity contribution in [2.24, 2.45) is 0 Å². The van der Waals surface area contributed by atoms with Crippen LogP contribution in [0.5, 0.6) is 0 Å². The Kier molecular flexibility index (Phi) is 8.08. The molecule has 1 heterocycles. The molecule has 0 aliphatic rings. The number of nitrogens with zero attached hydrogens (tertiary/aromatic N) is 1. The Bertz CT molecular complexity index is 448. The zero-order valence-corrected chi connectivity index (χ0v) is 13.3. The van der Waals surface area contributed by atoms with Crippen LogP contribution in [-0.2, 0) is 12.3 Å². The van der Waals surface area contributed by atoms with Gasteiger partial charge in [-0.15, -0.1) is 11.3 Å². The predicted octanol–water partition coefficient (Wildman–Crippen LogP) is 1.59. The SMILES string of the molecule is CNCc1ccc(CSCCNC(=C[N+](=O)[O-])NC)s1. The normalized spacial score (nSPS) is 11.4. The average molecular weight is 316 g/mol. The average Bonchev–Trinajstić information content (AvgIpc) is 2.84. The van der Waals surface area contributed by atoms with E-state index in [-0.39, 0.29) is 0 Å². The van der Waals surface area contributed by atoms with Gasteiger partial charge in [-0.05, 0) is 19.2 Å². The second-order valence-electron chi connectivity index (χ2n) is 3.96. The summed E-state index contributed by atoms with van der Waals surface area (Å²) in [5, 5.41) is 19.2. The van der Waals surface area contributed by atoms with E-state index in [2.05, 4.69) is 28.1 Å². The number of hydrogen-bond acceptors (Lipinski definition) is 7. The minimum absolute atomic E-state index is 0.433. The smallest absolute Gasteiger partial charge is 0.274 e. The lowest BCUT2D eigenvalue weighted by atomic mass is 10.4. The van der Waals surface area contributed by atoms with Crippen LogP contribution >= 0.6 is 23.1 Å². The van der Waals surface area contributed by atoms with Gasteiger partial charge in [-0.25, -0.2) is 0 Å². The van der Waals surface area contributed by atoms with E-state index in [0.717, 1.165) is 24.3 Å². The lowest BCUT2D eigenvalue weighted by Gasteiger charge is -2.07. The molecule has 1 aromatic heterocycles. The van der Waals surface area contributed by atoms with Gasteiger partial charge in [0.1, 0.15) is 0 Å². The van der Waals surface area contributed by atoms with Gasteiger partial charge in [-0.2, -0.15) is 11.8 Å². The quantitative estimate of drug-likeness (QED) is 0.345. The molecular formula is C12H20N4O2S2. The molecular weight excluding hydrogens is 296 g/mol. The van der Waals surface area contributed by atoms with Gasteiger partial charge in [-0.1, -0.05) is 0 Å². The summed E-state index contributed by atoms with van der Waals surface area (Å²) < 4.78 is 0. The van der Waals surface area contributed by atoms with Crippen LogP contribution in [-0.4, -0.2) is 31.3 Å². The van der Waals surface area contributed by atoms with Gasteiger partial charge in [0.2, 0.25) is 0 Å². The number of hydrogen-bond donors (Lipinski definition) is 3. The molecule has 1 aromatic rings. The van der Waals surface area contributed by atoms with Crippen molar-refractivity contribution in [1.29, 1.82) is 0 Å². The molecule has 112 valence electrons. The van der Waals surface area contributed by atoms with Crippen LogP contribution in [0.25, 0.3) is 0 Å². The van der Waals surface area contributed by atoms with Crippen LogP contribution in [0.4, 0.5) is 0 Å². The van der Waals surface area contributed by atoms with E-state index in [1.165, 1.54) is 9.75 Å². The third-order valence-corrected chi connectivity index (χ3v) is 4.65. The van der Waals surface area contributed by atoms with E-state index in [4.69, 9.17) is 0 Å². The minimum atomic E-state index is -0.471. The zero-order chi connectivity index (χ0) is 14.8. The fourth-order valence-electron chi connectivity index (χ4n) is 1.50. The topological polar surface area (TPSA) is 79.2 Å². The molecule has 0 bridgehead atoms. The van der Waals surface area contributed by atoms with Gasteiger partial charge in [-0.3, -0.25) is 10.1 Å². The van der Waals surface area contributed by atoms with Crippen LogP contribution in [0.2, 0.25) is 0 Å². The maximum atomic E-state index is 10.3. The highest BCUT2D eigenvalue weighted by Crippen LogP contribution is 2.21. The van der Waals surface area contributed by atoms with E-state index in [0.29, 0.717) is 12.4 Å². The van der Waals surface area contributed by atoms with E-state index < -0.39 is 4.92 Å². The third kappa shape index (κ3) is 6.78. The second kappa shape index (κ2) is 9.62. The van der Waals surface area contributed by atoms with Gasteiger partial charge >= 0.3 is 0 Å². The van der Waals surface area contributed by atoms with Crippen molar-refractivity contribution >= 4 is 23.1 Å². The Morgan fingerprint density at radius 3 is 2.85 bits per heavy atom. The Balaban J connectivity index is 2.19. The summed E-state index contributed by atoms with van der Waals surface area (Å²) in [6, 6.07) is 4.30. The predicted molar refractivity (Wildman–Crippen MR) is 85.4 cm³/mol. The van der Waals surface area contributed by atoms with Crippen molar-refractivity contribution in [1.82, 2.24) is 16.0 Å². The molecule has 0 unspecified atom stereocenters. The minimum Gasteiger partial charge on any atom is -0.370 e. The zero-order valence-electron chi connectivity index (χ0n) is 11.6. The third-order valence-electron chi connectivity index (χ3n) is 2.38. The highest BCUT2D eigenvalue weighted by Gasteiger charge is 2.01. The maximum absolute atomic E-state index is 10.3. The first-order valence-corrected chi connectivity index (χ1v) is 8.19. The fourth-order valence-corrected chi connectivity index (χ4v) is 3.50. The van der Waals surface area contributed by atoms with Crippen LogP contribution in [0.15, 0.2) is 24.2 Å². The molecule has 0 saturated carbocycles. The van der Waals surface area contributed by atoms with Crippen molar-refractivity contribution in [3.63, 3.8) is 0 Å². The molecule has 0 atom stereocenters. The van der Waals surface area contributed by atoms with Gasteiger partial charge in [0.05, 0.1) is 4.92 Å². The first-order chi connectivity index (χ1) is 9.65. The van der Waals surface area contributed by atoms with Gasteiger partial charge < -0.3 is 16.0 Å². The highest BCUT2D eigenvalue weighted by atomic mass is 32.2. The van der Waals surface area contributed by atoms with E-state index >= 15 is 0 Å². The van der Waals surface area contributed by atoms with Crippen LogP contribution in [0.3, 0.4) is 0 Å². The highest BCUT2D eigenvalue weighted by molar-refractivity contribution is 7.98. The Morgan fingerprint density at radius 2 is 2.20 bits per heavy atom. The summed E-state index contributed by atoms with van der Waals surface area (Å²) in [6.45, 7) is 1.61. The first-order valence-electron chi connectivity index (χ1n) is 6.22. The fraction of sp³-hybridized carbons (Fsp3) is 0.500. The molecule has 0 aliphatic carbocycles. The van der Waals surface area contributed by atoms with Crippen molar-refractivity contribution < 1.29 is 4.92 Å². The number of nitro groups is 1. The summed E-state index contributed by atoms with van der Waals surface area (Å²) in [4.78, 5) is 12.6. The molecule has 3 N–H and O–H groups in total. The monoisotopic (exact) mass is 316 g/mol. The van der Waals surface area contributed by atoms with Gasteiger partial charge in [0.15, 0.2) is 5.82 Å². The largest absolute Gasteiger partial charge is 0.370 e. The molecule has 8 heteroatoms. The van der Waals surface area contributed by atoms with Crippen molar-refractivity contribution in [2.75, 3.05) is 26.4 Å². The summed E-state index contributed by atoms with van der Waals surface area (Å²) in [5.41, 5.74) is 0. The Labute approximate surface area is 127 Å². The molecule has 0 aliphatic heterocycles. The van der Waals surface area contributed by atoms with Crippen molar-refractivity contribution in [3.05, 3.63) is 44.0 Å². The number of rotatable bonds is 10. The summed E-state index contributed by atoms with van der Waals surface area (Å²) in [5.74, 6) is 2.31. The summed E-state index contributed by atoms with van der Waals surface area (Å²) >= 11 is 3.63. The number of thiophene rings is 1. The molecule has 20 heavy (non-hydrogen) atoms. The standard InChI is InChI=1S/C12H20N4O2S2/c1-13-7-10-3-4-11(20-10)9-19-6-5-15-12(14-2)8-16(17)18/h3-4,8,13-15H,5-7,9H2,1-2H3. The van der Waals surface area contributed by atoms with Crippen LogP contribution in [0, 0.1) is 10.1 Å². The molecule has 0 saturated heterocycles. The number of nitrogens with one attached hydrogen (secondary N) is 3. The molecule has 6 nitrogen and oxygen atoms in total.